The third kappa shape index (κ3) is 4.19. The molecular formula is C26H24ClN5O3. The van der Waals surface area contributed by atoms with E-state index in [1.807, 2.05) is 36.4 Å². The number of benzene rings is 2. The molecule has 8 nitrogen and oxygen atoms in total. The van der Waals surface area contributed by atoms with Gasteiger partial charge in [0.15, 0.2) is 5.65 Å². The Morgan fingerprint density at radius 1 is 1.03 bits per heavy atom. The number of nitrogens with zero attached hydrogens (tertiary/aromatic N) is 4. The van der Waals surface area contributed by atoms with Gasteiger partial charge in [-0.3, -0.25) is 4.79 Å². The van der Waals surface area contributed by atoms with E-state index in [4.69, 9.17) is 26.1 Å². The molecule has 0 radical (unpaired) electrons. The van der Waals surface area contributed by atoms with Crippen molar-refractivity contribution in [2.45, 2.75) is 12.8 Å². The molecule has 1 N–H and O–H groups in total. The molecule has 35 heavy (non-hydrogen) atoms. The Kier molecular flexibility index (Phi) is 5.54. The fourth-order valence-corrected chi connectivity index (χ4v) is 4.84. The summed E-state index contributed by atoms with van der Waals surface area (Å²) >= 11 is 6.59. The number of rotatable bonds is 4. The molecule has 178 valence electrons. The molecule has 0 bridgehead atoms. The lowest BCUT2D eigenvalue weighted by Gasteiger charge is -2.28. The Balaban J connectivity index is 1.26. The SMILES string of the molecule is CN1C(=O)CCc2ccc(Oc3nc4nc(-c5ccc(N6CCOCC6)cc5)c(Cl)cc4[nH]3)cc21. The number of aromatic nitrogens is 3. The first kappa shape index (κ1) is 21.9. The minimum absolute atomic E-state index is 0.0998. The normalized spacial score (nSPS) is 16.0. The minimum atomic E-state index is 0.0998. The number of nitrogens with one attached hydrogen (secondary N) is 1. The zero-order valence-electron chi connectivity index (χ0n) is 19.3. The van der Waals surface area contributed by atoms with Gasteiger partial charge < -0.3 is 24.3 Å². The molecule has 4 aromatic rings. The smallest absolute Gasteiger partial charge is 0.301 e. The van der Waals surface area contributed by atoms with Gasteiger partial charge >= 0.3 is 6.01 Å². The number of fused-ring (bicyclic) bond motifs is 2. The molecule has 2 aliphatic rings. The second-order valence-electron chi connectivity index (χ2n) is 8.72. The van der Waals surface area contributed by atoms with Gasteiger partial charge in [-0.15, -0.1) is 0 Å². The first-order chi connectivity index (χ1) is 17.0. The summed E-state index contributed by atoms with van der Waals surface area (Å²) in [7, 11) is 1.78. The van der Waals surface area contributed by atoms with E-state index in [1.54, 1.807) is 11.9 Å². The van der Waals surface area contributed by atoms with Gasteiger partial charge in [0.25, 0.3) is 0 Å². The summed E-state index contributed by atoms with van der Waals surface area (Å²) < 4.78 is 11.4. The van der Waals surface area contributed by atoms with Crippen LogP contribution in [0, 0.1) is 0 Å². The molecule has 0 saturated carbocycles. The Hall–Kier alpha value is -3.62. The third-order valence-corrected chi connectivity index (χ3v) is 6.82. The highest BCUT2D eigenvalue weighted by Crippen LogP contribution is 2.34. The topological polar surface area (TPSA) is 83.6 Å². The average Bonchev–Trinajstić information content (AvgIpc) is 3.27. The van der Waals surface area contributed by atoms with Crippen LogP contribution in [0.25, 0.3) is 22.4 Å². The van der Waals surface area contributed by atoms with Gasteiger partial charge in [-0.05, 0) is 36.2 Å². The number of amides is 1. The van der Waals surface area contributed by atoms with Crippen LogP contribution in [0.15, 0.2) is 48.5 Å². The molecule has 2 aromatic heterocycles. The van der Waals surface area contributed by atoms with E-state index < -0.39 is 0 Å². The molecule has 1 amide bonds. The van der Waals surface area contributed by atoms with Crippen LogP contribution in [0.4, 0.5) is 11.4 Å². The van der Waals surface area contributed by atoms with Crippen LogP contribution in [0.5, 0.6) is 11.8 Å². The van der Waals surface area contributed by atoms with Gasteiger partial charge in [0.05, 0.1) is 35.1 Å². The van der Waals surface area contributed by atoms with Crippen molar-refractivity contribution in [2.24, 2.45) is 0 Å². The molecule has 1 saturated heterocycles. The number of carbonyl (C=O) groups is 1. The lowest BCUT2D eigenvalue weighted by molar-refractivity contribution is -0.118. The van der Waals surface area contributed by atoms with Crippen molar-refractivity contribution in [3.8, 4) is 23.0 Å². The zero-order chi connectivity index (χ0) is 23.9. The van der Waals surface area contributed by atoms with Gasteiger partial charge in [0.2, 0.25) is 5.91 Å². The Morgan fingerprint density at radius 2 is 1.83 bits per heavy atom. The highest BCUT2D eigenvalue weighted by atomic mass is 35.5. The molecule has 4 heterocycles. The molecule has 0 spiro atoms. The second kappa shape index (κ2) is 8.87. The summed E-state index contributed by atoms with van der Waals surface area (Å²) in [6.45, 7) is 3.26. The zero-order valence-corrected chi connectivity index (χ0v) is 20.0. The van der Waals surface area contributed by atoms with E-state index in [0.717, 1.165) is 55.2 Å². The average molecular weight is 490 g/mol. The predicted molar refractivity (Wildman–Crippen MR) is 136 cm³/mol. The Morgan fingerprint density at radius 3 is 2.63 bits per heavy atom. The number of H-pyrrole nitrogens is 1. The predicted octanol–water partition coefficient (Wildman–Crippen LogP) is 4.82. The van der Waals surface area contributed by atoms with Crippen LogP contribution < -0.4 is 14.5 Å². The maximum atomic E-state index is 12.1. The van der Waals surface area contributed by atoms with E-state index in [2.05, 4.69) is 27.0 Å². The Labute approximate surface area is 207 Å². The standard InChI is InChI=1S/C26H24ClN5O3/c1-31-22-14-19(8-4-16(22)5-9-23(31)33)35-26-28-21-15-20(27)24(29-25(21)30-26)17-2-6-18(7-3-17)32-10-12-34-13-11-32/h2-4,6-8,14-15H,5,9-13H2,1H3,(H,28,29,30). The Bertz CT molecular complexity index is 1410. The molecular weight excluding hydrogens is 466 g/mol. The molecule has 2 aliphatic heterocycles. The van der Waals surface area contributed by atoms with E-state index >= 15 is 0 Å². The number of aromatic amines is 1. The summed E-state index contributed by atoms with van der Waals surface area (Å²) in [6, 6.07) is 16.1. The largest absolute Gasteiger partial charge is 0.426 e. The number of anilines is 2. The number of hydrogen-bond acceptors (Lipinski definition) is 6. The molecule has 6 rings (SSSR count). The number of pyridine rings is 1. The van der Waals surface area contributed by atoms with Crippen LogP contribution in [-0.2, 0) is 16.0 Å². The highest BCUT2D eigenvalue weighted by molar-refractivity contribution is 6.33. The quantitative estimate of drug-likeness (QED) is 0.442. The van der Waals surface area contributed by atoms with Crippen molar-refractivity contribution in [1.29, 1.82) is 0 Å². The van der Waals surface area contributed by atoms with Gasteiger partial charge in [-0.25, -0.2) is 4.98 Å². The number of ether oxygens (including phenoxy) is 2. The van der Waals surface area contributed by atoms with Crippen molar-refractivity contribution in [3.05, 3.63) is 59.1 Å². The van der Waals surface area contributed by atoms with Gasteiger partial charge in [0.1, 0.15) is 5.75 Å². The van der Waals surface area contributed by atoms with Crippen LogP contribution in [0.3, 0.4) is 0 Å². The van der Waals surface area contributed by atoms with E-state index in [0.29, 0.717) is 40.1 Å². The van der Waals surface area contributed by atoms with Crippen molar-refractivity contribution in [1.82, 2.24) is 15.0 Å². The number of morpholine rings is 1. The number of carbonyl (C=O) groups excluding carboxylic acids is 1. The van der Waals surface area contributed by atoms with Gasteiger partial charge in [-0.1, -0.05) is 29.8 Å². The minimum Gasteiger partial charge on any atom is -0.426 e. The number of hydrogen-bond donors (Lipinski definition) is 1. The third-order valence-electron chi connectivity index (χ3n) is 6.54. The number of aryl methyl sites for hydroxylation is 1. The van der Waals surface area contributed by atoms with Crippen LogP contribution in [-0.4, -0.2) is 54.2 Å². The first-order valence-corrected chi connectivity index (χ1v) is 12.0. The number of imidazole rings is 1. The summed E-state index contributed by atoms with van der Waals surface area (Å²) in [6.07, 6.45) is 1.26. The molecule has 0 aliphatic carbocycles. The summed E-state index contributed by atoms with van der Waals surface area (Å²) in [5, 5.41) is 0.528. The molecule has 9 heteroatoms. The van der Waals surface area contributed by atoms with Gasteiger partial charge in [0, 0.05) is 43.9 Å². The fourth-order valence-electron chi connectivity index (χ4n) is 4.58. The van der Waals surface area contributed by atoms with Crippen molar-refractivity contribution in [3.63, 3.8) is 0 Å². The molecule has 2 aromatic carbocycles. The first-order valence-electron chi connectivity index (χ1n) is 11.6. The lowest BCUT2D eigenvalue weighted by atomic mass is 10.0. The van der Waals surface area contributed by atoms with E-state index in [1.165, 1.54) is 0 Å². The van der Waals surface area contributed by atoms with E-state index in [9.17, 15) is 4.79 Å². The highest BCUT2D eigenvalue weighted by Gasteiger charge is 2.22. The van der Waals surface area contributed by atoms with Crippen LogP contribution in [0.1, 0.15) is 12.0 Å². The molecule has 1 fully saturated rings. The summed E-state index contributed by atoms with van der Waals surface area (Å²) in [5.74, 6) is 0.692. The van der Waals surface area contributed by atoms with Crippen molar-refractivity contribution < 1.29 is 14.3 Å². The molecule has 0 unspecified atom stereocenters. The monoisotopic (exact) mass is 489 g/mol. The molecule has 0 atom stereocenters. The lowest BCUT2D eigenvalue weighted by Crippen LogP contribution is -2.36. The summed E-state index contributed by atoms with van der Waals surface area (Å²) in [5.41, 5.74) is 5.93. The summed E-state index contributed by atoms with van der Waals surface area (Å²) in [4.78, 5) is 28.4. The fraction of sp³-hybridized carbons (Fsp3) is 0.269. The van der Waals surface area contributed by atoms with Gasteiger partial charge in [-0.2, -0.15) is 4.98 Å². The maximum absolute atomic E-state index is 12.1. The maximum Gasteiger partial charge on any atom is 0.301 e. The van der Waals surface area contributed by atoms with Crippen molar-refractivity contribution >= 4 is 40.0 Å². The van der Waals surface area contributed by atoms with Crippen LogP contribution >= 0.6 is 11.6 Å². The second-order valence-corrected chi connectivity index (χ2v) is 9.13. The van der Waals surface area contributed by atoms with Crippen molar-refractivity contribution in [2.75, 3.05) is 43.2 Å². The van der Waals surface area contributed by atoms with E-state index in [-0.39, 0.29) is 5.91 Å². The number of halogens is 1. The van der Waals surface area contributed by atoms with Crippen LogP contribution in [0.2, 0.25) is 5.02 Å².